The Morgan fingerprint density at radius 3 is 2.88 bits per heavy atom. The van der Waals surface area contributed by atoms with Crippen LogP contribution in [-0.4, -0.2) is 25.8 Å². The Hall–Kier alpha value is -1.62. The molecule has 0 saturated heterocycles. The Morgan fingerprint density at radius 2 is 2.29 bits per heavy atom. The van der Waals surface area contributed by atoms with E-state index in [1.165, 1.54) is 0 Å². The van der Waals surface area contributed by atoms with Gasteiger partial charge in [0.1, 0.15) is 5.82 Å². The van der Waals surface area contributed by atoms with Crippen LogP contribution in [0.5, 0.6) is 0 Å². The number of hydrogen-bond acceptors (Lipinski definition) is 3. The molecular weight excluding hydrogens is 214 g/mol. The molecule has 2 heterocycles. The number of aromatic nitrogens is 4. The molecule has 0 fully saturated rings. The number of aromatic amines is 1. The lowest BCUT2D eigenvalue weighted by Crippen LogP contribution is -2.37. The second-order valence-corrected chi connectivity index (χ2v) is 4.50. The standard InChI is InChI=1S/C12H19N5/c1-10(2)11(9-17-7-3-4-16-17)15-8-12-13-5-6-14-12/h3-7,10-11,15H,8-9H2,1-2H3,(H,13,14). The number of imidazole rings is 1. The van der Waals surface area contributed by atoms with Gasteiger partial charge in [-0.3, -0.25) is 4.68 Å². The molecule has 0 spiro atoms. The first-order valence-electron chi connectivity index (χ1n) is 5.95. The molecule has 0 amide bonds. The molecule has 2 rings (SSSR count). The summed E-state index contributed by atoms with van der Waals surface area (Å²) in [5.41, 5.74) is 0. The summed E-state index contributed by atoms with van der Waals surface area (Å²) >= 11 is 0. The predicted octanol–water partition coefficient (Wildman–Crippen LogP) is 1.42. The van der Waals surface area contributed by atoms with E-state index in [1.807, 2.05) is 29.3 Å². The van der Waals surface area contributed by atoms with E-state index in [0.717, 1.165) is 18.9 Å². The van der Waals surface area contributed by atoms with Crippen LogP contribution in [-0.2, 0) is 13.1 Å². The normalized spacial score (nSPS) is 13.1. The first-order chi connectivity index (χ1) is 8.25. The van der Waals surface area contributed by atoms with E-state index in [9.17, 15) is 0 Å². The van der Waals surface area contributed by atoms with Crippen LogP contribution >= 0.6 is 0 Å². The summed E-state index contributed by atoms with van der Waals surface area (Å²) in [6, 6.07) is 2.34. The number of H-pyrrole nitrogens is 1. The number of nitrogens with zero attached hydrogens (tertiary/aromatic N) is 3. The number of hydrogen-bond donors (Lipinski definition) is 2. The molecule has 2 N–H and O–H groups in total. The van der Waals surface area contributed by atoms with Crippen molar-refractivity contribution >= 4 is 0 Å². The van der Waals surface area contributed by atoms with E-state index in [4.69, 9.17) is 0 Å². The lowest BCUT2D eigenvalue weighted by atomic mass is 10.0. The van der Waals surface area contributed by atoms with Crippen LogP contribution in [0.2, 0.25) is 0 Å². The first kappa shape index (κ1) is 11.9. The van der Waals surface area contributed by atoms with E-state index >= 15 is 0 Å². The van der Waals surface area contributed by atoms with Crippen molar-refractivity contribution in [2.75, 3.05) is 0 Å². The summed E-state index contributed by atoms with van der Waals surface area (Å²) in [5.74, 6) is 1.52. The van der Waals surface area contributed by atoms with E-state index in [2.05, 4.69) is 34.2 Å². The second kappa shape index (κ2) is 5.63. The summed E-state index contributed by atoms with van der Waals surface area (Å²) in [6.45, 7) is 6.06. The van der Waals surface area contributed by atoms with Crippen molar-refractivity contribution in [2.24, 2.45) is 5.92 Å². The molecule has 92 valence electrons. The zero-order chi connectivity index (χ0) is 12.1. The Kier molecular flexibility index (Phi) is 3.93. The molecule has 0 aliphatic carbocycles. The largest absolute Gasteiger partial charge is 0.348 e. The summed E-state index contributed by atoms with van der Waals surface area (Å²) in [5, 5.41) is 7.74. The zero-order valence-corrected chi connectivity index (χ0v) is 10.3. The fourth-order valence-corrected chi connectivity index (χ4v) is 1.74. The monoisotopic (exact) mass is 233 g/mol. The average Bonchev–Trinajstić information content (AvgIpc) is 2.97. The molecule has 0 aliphatic rings. The fourth-order valence-electron chi connectivity index (χ4n) is 1.74. The van der Waals surface area contributed by atoms with E-state index in [1.54, 1.807) is 6.20 Å². The molecule has 2 aromatic rings. The summed E-state index contributed by atoms with van der Waals surface area (Å²) < 4.78 is 1.96. The van der Waals surface area contributed by atoms with Crippen LogP contribution in [0.25, 0.3) is 0 Å². The van der Waals surface area contributed by atoms with Gasteiger partial charge in [-0.2, -0.15) is 5.10 Å². The Balaban J connectivity index is 1.89. The van der Waals surface area contributed by atoms with Crippen molar-refractivity contribution in [3.8, 4) is 0 Å². The van der Waals surface area contributed by atoms with Crippen molar-refractivity contribution in [3.05, 3.63) is 36.7 Å². The van der Waals surface area contributed by atoms with E-state index < -0.39 is 0 Å². The van der Waals surface area contributed by atoms with Gasteiger partial charge in [0, 0.05) is 30.8 Å². The maximum Gasteiger partial charge on any atom is 0.120 e. The van der Waals surface area contributed by atoms with Crippen molar-refractivity contribution in [1.29, 1.82) is 0 Å². The lowest BCUT2D eigenvalue weighted by molar-refractivity contribution is 0.338. The van der Waals surface area contributed by atoms with Crippen molar-refractivity contribution in [1.82, 2.24) is 25.1 Å². The molecule has 1 atom stereocenters. The number of rotatable bonds is 6. The van der Waals surface area contributed by atoms with Gasteiger partial charge >= 0.3 is 0 Å². The maximum absolute atomic E-state index is 4.24. The lowest BCUT2D eigenvalue weighted by Gasteiger charge is -2.22. The van der Waals surface area contributed by atoms with Crippen LogP contribution in [0.1, 0.15) is 19.7 Å². The van der Waals surface area contributed by atoms with Crippen LogP contribution in [0.15, 0.2) is 30.9 Å². The fraction of sp³-hybridized carbons (Fsp3) is 0.500. The third-order valence-corrected chi connectivity index (χ3v) is 2.83. The molecule has 0 radical (unpaired) electrons. The minimum atomic E-state index is 0.389. The summed E-state index contributed by atoms with van der Waals surface area (Å²) in [7, 11) is 0. The van der Waals surface area contributed by atoms with Gasteiger partial charge in [-0.25, -0.2) is 4.98 Å². The van der Waals surface area contributed by atoms with Crippen molar-refractivity contribution < 1.29 is 0 Å². The van der Waals surface area contributed by atoms with Gasteiger partial charge < -0.3 is 10.3 Å². The molecular formula is C12H19N5. The smallest absolute Gasteiger partial charge is 0.120 e. The molecule has 2 aromatic heterocycles. The van der Waals surface area contributed by atoms with Gasteiger partial charge in [-0.15, -0.1) is 0 Å². The average molecular weight is 233 g/mol. The van der Waals surface area contributed by atoms with Crippen LogP contribution < -0.4 is 5.32 Å². The van der Waals surface area contributed by atoms with Gasteiger partial charge in [0.2, 0.25) is 0 Å². The molecule has 17 heavy (non-hydrogen) atoms. The van der Waals surface area contributed by atoms with Crippen molar-refractivity contribution in [2.45, 2.75) is 33.0 Å². The van der Waals surface area contributed by atoms with E-state index in [0.29, 0.717) is 12.0 Å². The minimum absolute atomic E-state index is 0.389. The highest BCUT2D eigenvalue weighted by Gasteiger charge is 2.13. The highest BCUT2D eigenvalue weighted by Crippen LogP contribution is 2.05. The Labute approximate surface area is 101 Å². The summed E-state index contributed by atoms with van der Waals surface area (Å²) in [6.07, 6.45) is 7.41. The van der Waals surface area contributed by atoms with Gasteiger partial charge in [-0.1, -0.05) is 13.8 Å². The third-order valence-electron chi connectivity index (χ3n) is 2.83. The highest BCUT2D eigenvalue weighted by atomic mass is 15.3. The predicted molar refractivity (Wildman–Crippen MR) is 66.3 cm³/mol. The second-order valence-electron chi connectivity index (χ2n) is 4.50. The van der Waals surface area contributed by atoms with Gasteiger partial charge in [0.25, 0.3) is 0 Å². The topological polar surface area (TPSA) is 58.5 Å². The third kappa shape index (κ3) is 3.42. The minimum Gasteiger partial charge on any atom is -0.348 e. The number of nitrogens with one attached hydrogen (secondary N) is 2. The molecule has 5 nitrogen and oxygen atoms in total. The zero-order valence-electron chi connectivity index (χ0n) is 10.3. The summed E-state index contributed by atoms with van der Waals surface area (Å²) in [4.78, 5) is 7.30. The van der Waals surface area contributed by atoms with Crippen LogP contribution in [0, 0.1) is 5.92 Å². The molecule has 1 unspecified atom stereocenters. The molecule has 0 bridgehead atoms. The molecule has 0 aliphatic heterocycles. The first-order valence-corrected chi connectivity index (χ1v) is 5.95. The van der Waals surface area contributed by atoms with Gasteiger partial charge in [-0.05, 0) is 12.0 Å². The van der Waals surface area contributed by atoms with Crippen LogP contribution in [0.4, 0.5) is 0 Å². The van der Waals surface area contributed by atoms with E-state index in [-0.39, 0.29) is 0 Å². The van der Waals surface area contributed by atoms with Gasteiger partial charge in [0.05, 0.1) is 13.1 Å². The molecule has 0 aromatic carbocycles. The molecule has 0 saturated carbocycles. The maximum atomic E-state index is 4.24. The van der Waals surface area contributed by atoms with Gasteiger partial charge in [0.15, 0.2) is 0 Å². The van der Waals surface area contributed by atoms with Crippen molar-refractivity contribution in [3.63, 3.8) is 0 Å². The quantitative estimate of drug-likeness (QED) is 0.793. The SMILES string of the molecule is CC(C)C(Cn1cccn1)NCc1ncc[nH]1. The van der Waals surface area contributed by atoms with Crippen LogP contribution in [0.3, 0.4) is 0 Å². The highest BCUT2D eigenvalue weighted by molar-refractivity contribution is 4.88. The Morgan fingerprint density at radius 1 is 1.41 bits per heavy atom. The Bertz CT molecular complexity index is 404. The molecule has 5 heteroatoms.